The Labute approximate surface area is 161 Å². The zero-order valence-corrected chi connectivity index (χ0v) is 15.6. The van der Waals surface area contributed by atoms with Gasteiger partial charge >= 0.3 is 11.9 Å². The van der Waals surface area contributed by atoms with Gasteiger partial charge in [-0.1, -0.05) is 0 Å². The Morgan fingerprint density at radius 2 is 1.74 bits per heavy atom. The molecule has 1 aliphatic heterocycles. The molecule has 0 spiro atoms. The highest BCUT2D eigenvalue weighted by atomic mass is 32.1. The van der Waals surface area contributed by atoms with Crippen LogP contribution in [-0.4, -0.2) is 81.2 Å². The number of nitrogens with zero attached hydrogens (tertiary/aromatic N) is 1. The van der Waals surface area contributed by atoms with Crippen molar-refractivity contribution in [2.45, 2.75) is 50.4 Å². The highest BCUT2D eigenvalue weighted by Crippen LogP contribution is 2.18. The van der Waals surface area contributed by atoms with E-state index in [0.717, 1.165) is 4.90 Å². The minimum Gasteiger partial charge on any atom is -0.481 e. The van der Waals surface area contributed by atoms with E-state index in [4.69, 9.17) is 10.8 Å². The van der Waals surface area contributed by atoms with Crippen molar-refractivity contribution in [1.82, 2.24) is 15.5 Å². The van der Waals surface area contributed by atoms with Crippen molar-refractivity contribution in [3.05, 3.63) is 0 Å². The van der Waals surface area contributed by atoms with Crippen LogP contribution in [-0.2, 0) is 24.0 Å². The van der Waals surface area contributed by atoms with Gasteiger partial charge in [0.25, 0.3) is 0 Å². The Balaban J connectivity index is 2.86. The summed E-state index contributed by atoms with van der Waals surface area (Å²) in [6, 6.07) is -4.55. The Morgan fingerprint density at radius 3 is 2.22 bits per heavy atom. The minimum atomic E-state index is -1.44. The summed E-state index contributed by atoms with van der Waals surface area (Å²) in [5.41, 5.74) is 5.40. The summed E-state index contributed by atoms with van der Waals surface area (Å²) >= 11 is 4.01. The van der Waals surface area contributed by atoms with E-state index >= 15 is 0 Å². The maximum atomic E-state index is 12.6. The van der Waals surface area contributed by atoms with Crippen molar-refractivity contribution < 1.29 is 34.2 Å². The average Bonchev–Trinajstić information content (AvgIpc) is 3.07. The van der Waals surface area contributed by atoms with Crippen LogP contribution < -0.4 is 16.4 Å². The molecule has 0 bridgehead atoms. The summed E-state index contributed by atoms with van der Waals surface area (Å²) in [5, 5.41) is 22.7. The van der Waals surface area contributed by atoms with E-state index in [9.17, 15) is 29.1 Å². The lowest BCUT2D eigenvalue weighted by Gasteiger charge is -2.27. The lowest BCUT2D eigenvalue weighted by Crippen LogP contribution is -2.57. The van der Waals surface area contributed by atoms with Gasteiger partial charge in [-0.2, -0.15) is 12.6 Å². The lowest BCUT2D eigenvalue weighted by atomic mass is 10.1. The van der Waals surface area contributed by atoms with Gasteiger partial charge in [-0.15, -0.1) is 0 Å². The molecule has 4 atom stereocenters. The molecular formula is C15H24N4O7S. The Hall–Kier alpha value is -2.34. The van der Waals surface area contributed by atoms with E-state index in [1.54, 1.807) is 0 Å². The summed E-state index contributed by atoms with van der Waals surface area (Å²) in [6.45, 7) is 1.60. The van der Waals surface area contributed by atoms with E-state index in [-0.39, 0.29) is 12.3 Å². The second-order valence-electron chi connectivity index (χ2n) is 6.22. The quantitative estimate of drug-likeness (QED) is 0.234. The first kappa shape index (κ1) is 22.7. The molecule has 3 amide bonds. The maximum absolute atomic E-state index is 12.6. The molecule has 0 aliphatic carbocycles. The molecule has 1 aliphatic rings. The summed E-state index contributed by atoms with van der Waals surface area (Å²) in [7, 11) is 0. The van der Waals surface area contributed by atoms with Gasteiger partial charge in [0.15, 0.2) is 0 Å². The number of carbonyl (C=O) groups is 5. The van der Waals surface area contributed by atoms with Crippen LogP contribution in [0.25, 0.3) is 0 Å². The average molecular weight is 404 g/mol. The van der Waals surface area contributed by atoms with E-state index in [1.165, 1.54) is 6.92 Å². The first-order valence-corrected chi connectivity index (χ1v) is 8.94. The number of thiol groups is 1. The minimum absolute atomic E-state index is 0.131. The molecule has 0 aromatic carbocycles. The molecule has 4 unspecified atom stereocenters. The molecule has 11 nitrogen and oxygen atoms in total. The number of nitrogens with two attached hydrogens (primary N) is 1. The van der Waals surface area contributed by atoms with Gasteiger partial charge in [0.05, 0.1) is 12.5 Å². The molecule has 1 heterocycles. The summed E-state index contributed by atoms with van der Waals surface area (Å²) in [4.78, 5) is 60.0. The SMILES string of the molecule is CC(N)C(=O)NC(CC(=O)O)C(=O)NC(CS)C(=O)N1CCCC1C(=O)O. The van der Waals surface area contributed by atoms with Gasteiger partial charge in [-0.25, -0.2) is 4.79 Å². The van der Waals surface area contributed by atoms with Crippen molar-refractivity contribution in [3.8, 4) is 0 Å². The number of carboxylic acid groups (broad SMARTS) is 2. The van der Waals surface area contributed by atoms with Gasteiger partial charge in [0.2, 0.25) is 17.7 Å². The van der Waals surface area contributed by atoms with E-state index in [1.807, 2.05) is 0 Å². The molecule has 0 aromatic heterocycles. The molecule has 1 fully saturated rings. The van der Waals surface area contributed by atoms with Crippen molar-refractivity contribution >= 4 is 42.3 Å². The number of likely N-dealkylation sites (tertiary alicyclic amines) is 1. The van der Waals surface area contributed by atoms with Gasteiger partial charge < -0.3 is 31.5 Å². The Bertz CT molecular complexity index is 613. The molecule has 27 heavy (non-hydrogen) atoms. The van der Waals surface area contributed by atoms with Crippen molar-refractivity contribution in [2.75, 3.05) is 12.3 Å². The number of hydrogen-bond donors (Lipinski definition) is 6. The fourth-order valence-electron chi connectivity index (χ4n) is 2.63. The molecule has 0 saturated carbocycles. The topological polar surface area (TPSA) is 179 Å². The van der Waals surface area contributed by atoms with Crippen LogP contribution in [0.2, 0.25) is 0 Å². The van der Waals surface area contributed by atoms with Gasteiger partial charge in [-0.05, 0) is 19.8 Å². The van der Waals surface area contributed by atoms with Crippen LogP contribution in [0, 0.1) is 0 Å². The largest absolute Gasteiger partial charge is 0.481 e. The highest BCUT2D eigenvalue weighted by molar-refractivity contribution is 7.80. The number of amides is 3. The van der Waals surface area contributed by atoms with Crippen LogP contribution in [0.15, 0.2) is 0 Å². The van der Waals surface area contributed by atoms with Gasteiger partial charge in [0.1, 0.15) is 18.1 Å². The van der Waals surface area contributed by atoms with E-state index < -0.39 is 60.2 Å². The normalized spacial score (nSPS) is 19.7. The molecular weight excluding hydrogens is 380 g/mol. The monoisotopic (exact) mass is 404 g/mol. The third kappa shape index (κ3) is 6.40. The number of rotatable bonds is 9. The first-order chi connectivity index (χ1) is 12.6. The molecule has 6 N–H and O–H groups in total. The van der Waals surface area contributed by atoms with Gasteiger partial charge in [0, 0.05) is 12.3 Å². The Kier molecular flexibility index (Phi) is 8.50. The predicted molar refractivity (Wildman–Crippen MR) is 96.0 cm³/mol. The van der Waals surface area contributed by atoms with Crippen LogP contribution in [0.3, 0.4) is 0 Å². The standard InChI is InChI=1S/C15H24N4O7S/c1-7(16)12(22)17-8(5-11(20)21)13(23)18-9(6-27)14(24)19-4-2-3-10(19)15(25)26/h7-10,27H,2-6,16H2,1H3,(H,17,22)(H,18,23)(H,20,21)(H,25,26). The van der Waals surface area contributed by atoms with E-state index in [0.29, 0.717) is 12.8 Å². The smallest absolute Gasteiger partial charge is 0.326 e. The number of nitrogens with one attached hydrogen (secondary N) is 2. The summed E-state index contributed by atoms with van der Waals surface area (Å²) < 4.78 is 0. The second kappa shape index (κ2) is 10.1. The third-order valence-corrected chi connectivity index (χ3v) is 4.41. The third-order valence-electron chi connectivity index (χ3n) is 4.04. The first-order valence-electron chi connectivity index (χ1n) is 8.30. The fraction of sp³-hybridized carbons (Fsp3) is 0.667. The van der Waals surface area contributed by atoms with Crippen molar-refractivity contribution in [2.24, 2.45) is 5.73 Å². The van der Waals surface area contributed by atoms with E-state index in [2.05, 4.69) is 23.3 Å². The lowest BCUT2D eigenvalue weighted by molar-refractivity contribution is -0.149. The van der Waals surface area contributed by atoms with Crippen LogP contribution in [0.4, 0.5) is 0 Å². The zero-order valence-electron chi connectivity index (χ0n) is 14.8. The highest BCUT2D eigenvalue weighted by Gasteiger charge is 2.38. The van der Waals surface area contributed by atoms with Crippen LogP contribution >= 0.6 is 12.6 Å². The number of hydrogen-bond acceptors (Lipinski definition) is 7. The van der Waals surface area contributed by atoms with Crippen molar-refractivity contribution in [1.29, 1.82) is 0 Å². The molecule has 1 saturated heterocycles. The molecule has 0 aromatic rings. The number of carboxylic acids is 2. The van der Waals surface area contributed by atoms with Crippen molar-refractivity contribution in [3.63, 3.8) is 0 Å². The zero-order chi connectivity index (χ0) is 20.7. The van der Waals surface area contributed by atoms with Crippen LogP contribution in [0.5, 0.6) is 0 Å². The molecule has 1 rings (SSSR count). The summed E-state index contributed by atoms with van der Waals surface area (Å²) in [5.74, 6) is -4.86. The Morgan fingerprint density at radius 1 is 1.15 bits per heavy atom. The van der Waals surface area contributed by atoms with Crippen LogP contribution in [0.1, 0.15) is 26.2 Å². The predicted octanol–water partition coefficient (Wildman–Crippen LogP) is -2.22. The number of carbonyl (C=O) groups excluding carboxylic acids is 3. The fourth-order valence-corrected chi connectivity index (χ4v) is 2.88. The maximum Gasteiger partial charge on any atom is 0.326 e. The van der Waals surface area contributed by atoms with Gasteiger partial charge in [-0.3, -0.25) is 19.2 Å². The molecule has 0 radical (unpaired) electrons. The second-order valence-corrected chi connectivity index (χ2v) is 6.58. The molecule has 152 valence electrons. The number of aliphatic carboxylic acids is 2. The summed E-state index contributed by atoms with van der Waals surface area (Å²) in [6.07, 6.45) is 0.113. The molecule has 12 heteroatoms.